The molecule has 1 atom stereocenters. The van der Waals surface area contributed by atoms with Crippen molar-refractivity contribution in [1.29, 1.82) is 0 Å². The van der Waals surface area contributed by atoms with Crippen molar-refractivity contribution in [3.05, 3.63) is 59.8 Å². The van der Waals surface area contributed by atoms with Gasteiger partial charge in [-0.25, -0.2) is 0 Å². The zero-order valence-corrected chi connectivity index (χ0v) is 14.4. The number of aromatic nitrogens is 1. The largest absolute Gasteiger partial charge is 0.454 e. The molecular weight excluding hydrogens is 328 g/mol. The van der Waals surface area contributed by atoms with Crippen LogP contribution in [0.25, 0.3) is 10.9 Å². The topological polar surface area (TPSA) is 54.6 Å². The lowest BCUT2D eigenvalue weighted by atomic mass is 10.0. The number of ether oxygens (including phenoxy) is 2. The van der Waals surface area contributed by atoms with Gasteiger partial charge < -0.3 is 19.4 Å². The van der Waals surface area contributed by atoms with Crippen LogP contribution in [-0.2, 0) is 6.42 Å². The number of hydrogen-bond donors (Lipinski definition) is 1. The Bertz CT molecular complexity index is 978. The maximum absolute atomic E-state index is 13.1. The predicted octanol–water partition coefficient (Wildman–Crippen LogP) is 3.74. The van der Waals surface area contributed by atoms with Crippen LogP contribution in [0.5, 0.6) is 11.5 Å². The second-order valence-electron chi connectivity index (χ2n) is 6.93. The SMILES string of the molecule is O=C(c1ccc2c(c1)OCO2)N1CCCC1Cc1c[nH]c2ccccc12. The third-order valence-corrected chi connectivity index (χ3v) is 5.39. The summed E-state index contributed by atoms with van der Waals surface area (Å²) in [5.41, 5.74) is 3.09. The van der Waals surface area contributed by atoms with E-state index in [9.17, 15) is 4.79 Å². The van der Waals surface area contributed by atoms with Crippen LogP contribution in [0.3, 0.4) is 0 Å². The van der Waals surface area contributed by atoms with E-state index in [-0.39, 0.29) is 18.7 Å². The molecular formula is C21H20N2O3. The van der Waals surface area contributed by atoms with E-state index in [1.54, 1.807) is 6.07 Å². The molecule has 0 bridgehead atoms. The van der Waals surface area contributed by atoms with Crippen molar-refractivity contribution >= 4 is 16.8 Å². The summed E-state index contributed by atoms with van der Waals surface area (Å²) >= 11 is 0. The first-order valence-electron chi connectivity index (χ1n) is 9.05. The van der Waals surface area contributed by atoms with Gasteiger partial charge >= 0.3 is 0 Å². The Labute approximate surface area is 151 Å². The third-order valence-electron chi connectivity index (χ3n) is 5.39. The number of fused-ring (bicyclic) bond motifs is 2. The molecule has 0 radical (unpaired) electrons. The third kappa shape index (κ3) is 2.51. The van der Waals surface area contributed by atoms with Gasteiger partial charge in [-0.05, 0) is 49.1 Å². The average molecular weight is 348 g/mol. The van der Waals surface area contributed by atoms with Gasteiger partial charge in [-0.3, -0.25) is 4.79 Å². The summed E-state index contributed by atoms with van der Waals surface area (Å²) in [6.45, 7) is 1.03. The number of carbonyl (C=O) groups is 1. The van der Waals surface area contributed by atoms with Gasteiger partial charge in [0.1, 0.15) is 0 Å². The Morgan fingerprint density at radius 3 is 3.00 bits per heavy atom. The number of carbonyl (C=O) groups excluding carboxylic acids is 1. The highest BCUT2D eigenvalue weighted by atomic mass is 16.7. The number of rotatable bonds is 3. The molecule has 132 valence electrons. The van der Waals surface area contributed by atoms with Crippen molar-refractivity contribution < 1.29 is 14.3 Å². The standard InChI is InChI=1S/C21H20N2O3/c24-21(14-7-8-19-20(11-14)26-13-25-19)23-9-3-4-16(23)10-15-12-22-18-6-2-1-5-17(15)18/h1-2,5-8,11-12,16,22H,3-4,9-10,13H2. The minimum absolute atomic E-state index is 0.0747. The molecule has 1 aromatic heterocycles. The Morgan fingerprint density at radius 2 is 2.04 bits per heavy atom. The molecule has 26 heavy (non-hydrogen) atoms. The van der Waals surface area contributed by atoms with Crippen LogP contribution < -0.4 is 9.47 Å². The Morgan fingerprint density at radius 1 is 1.15 bits per heavy atom. The van der Waals surface area contributed by atoms with Gasteiger partial charge in [0.2, 0.25) is 6.79 Å². The highest BCUT2D eigenvalue weighted by Crippen LogP contribution is 2.34. The number of aromatic amines is 1. The summed E-state index contributed by atoms with van der Waals surface area (Å²) in [5.74, 6) is 1.44. The normalized spacial score (nSPS) is 18.6. The first-order chi connectivity index (χ1) is 12.8. The van der Waals surface area contributed by atoms with Crippen LogP contribution in [0.2, 0.25) is 0 Å². The van der Waals surface area contributed by atoms with Gasteiger partial charge in [-0.15, -0.1) is 0 Å². The minimum Gasteiger partial charge on any atom is -0.454 e. The molecule has 2 aliphatic heterocycles. The lowest BCUT2D eigenvalue weighted by molar-refractivity contribution is 0.0736. The van der Waals surface area contributed by atoms with Crippen molar-refractivity contribution in [2.24, 2.45) is 0 Å². The number of H-pyrrole nitrogens is 1. The summed E-state index contributed by atoms with van der Waals surface area (Å²) < 4.78 is 10.8. The van der Waals surface area contributed by atoms with Gasteiger partial charge in [-0.2, -0.15) is 0 Å². The fourth-order valence-electron chi connectivity index (χ4n) is 4.07. The molecule has 3 heterocycles. The zero-order valence-electron chi connectivity index (χ0n) is 14.4. The Kier molecular flexibility index (Phi) is 3.59. The molecule has 0 spiro atoms. The second kappa shape index (κ2) is 6.09. The Balaban J connectivity index is 1.39. The average Bonchev–Trinajstić information content (AvgIpc) is 3.41. The number of para-hydroxylation sites is 1. The summed E-state index contributed by atoms with van der Waals surface area (Å²) in [4.78, 5) is 18.4. The molecule has 1 amide bonds. The van der Waals surface area contributed by atoms with Crippen molar-refractivity contribution in [3.8, 4) is 11.5 Å². The van der Waals surface area contributed by atoms with Gasteiger partial charge in [0.15, 0.2) is 11.5 Å². The molecule has 0 aliphatic carbocycles. The smallest absolute Gasteiger partial charge is 0.254 e. The first kappa shape index (κ1) is 15.3. The molecule has 3 aromatic rings. The summed E-state index contributed by atoms with van der Waals surface area (Å²) in [6, 6.07) is 14.0. The molecule has 2 aliphatic rings. The number of benzene rings is 2. The lowest BCUT2D eigenvalue weighted by Gasteiger charge is -2.25. The first-order valence-corrected chi connectivity index (χ1v) is 9.05. The van der Waals surface area contributed by atoms with E-state index in [1.165, 1.54) is 10.9 Å². The van der Waals surface area contributed by atoms with Crippen LogP contribution in [0.15, 0.2) is 48.7 Å². The van der Waals surface area contributed by atoms with Crippen molar-refractivity contribution in [3.63, 3.8) is 0 Å². The van der Waals surface area contributed by atoms with Crippen LogP contribution >= 0.6 is 0 Å². The number of likely N-dealkylation sites (tertiary alicyclic amines) is 1. The fourth-order valence-corrected chi connectivity index (χ4v) is 4.07. The van der Waals surface area contributed by atoms with Gasteiger partial charge in [0.05, 0.1) is 0 Å². The van der Waals surface area contributed by atoms with E-state index in [2.05, 4.69) is 29.4 Å². The summed E-state index contributed by atoms with van der Waals surface area (Å²) in [6.07, 6.45) is 5.03. The Hall–Kier alpha value is -2.95. The molecule has 1 unspecified atom stereocenters. The molecule has 1 fully saturated rings. The van der Waals surface area contributed by atoms with Gasteiger partial charge in [0, 0.05) is 35.2 Å². The van der Waals surface area contributed by atoms with Crippen LogP contribution in [0.4, 0.5) is 0 Å². The molecule has 5 heteroatoms. The van der Waals surface area contributed by atoms with Crippen LogP contribution in [-0.4, -0.2) is 35.2 Å². The maximum atomic E-state index is 13.1. The second-order valence-corrected chi connectivity index (χ2v) is 6.93. The predicted molar refractivity (Wildman–Crippen MR) is 98.6 cm³/mol. The molecule has 5 nitrogen and oxygen atoms in total. The zero-order chi connectivity index (χ0) is 17.5. The highest BCUT2D eigenvalue weighted by Gasteiger charge is 2.30. The number of nitrogens with zero attached hydrogens (tertiary/aromatic N) is 1. The van der Waals surface area contributed by atoms with E-state index in [0.29, 0.717) is 17.1 Å². The minimum atomic E-state index is 0.0747. The van der Waals surface area contributed by atoms with Crippen molar-refractivity contribution in [2.45, 2.75) is 25.3 Å². The van der Waals surface area contributed by atoms with E-state index in [0.717, 1.165) is 31.3 Å². The van der Waals surface area contributed by atoms with Crippen LogP contribution in [0, 0.1) is 0 Å². The van der Waals surface area contributed by atoms with Gasteiger partial charge in [-0.1, -0.05) is 18.2 Å². The number of nitrogens with one attached hydrogen (secondary N) is 1. The van der Waals surface area contributed by atoms with E-state index in [1.807, 2.05) is 23.1 Å². The fraction of sp³-hybridized carbons (Fsp3) is 0.286. The van der Waals surface area contributed by atoms with E-state index < -0.39 is 0 Å². The van der Waals surface area contributed by atoms with E-state index in [4.69, 9.17) is 9.47 Å². The highest BCUT2D eigenvalue weighted by molar-refractivity contribution is 5.95. The summed E-state index contributed by atoms with van der Waals surface area (Å²) in [7, 11) is 0. The number of hydrogen-bond acceptors (Lipinski definition) is 3. The summed E-state index contributed by atoms with van der Waals surface area (Å²) in [5, 5.41) is 1.25. The maximum Gasteiger partial charge on any atom is 0.254 e. The molecule has 1 saturated heterocycles. The monoisotopic (exact) mass is 348 g/mol. The molecule has 1 N–H and O–H groups in total. The quantitative estimate of drug-likeness (QED) is 0.784. The van der Waals surface area contributed by atoms with Crippen LogP contribution in [0.1, 0.15) is 28.8 Å². The number of amides is 1. The molecule has 5 rings (SSSR count). The van der Waals surface area contributed by atoms with Gasteiger partial charge in [0.25, 0.3) is 5.91 Å². The van der Waals surface area contributed by atoms with E-state index >= 15 is 0 Å². The van der Waals surface area contributed by atoms with Crippen molar-refractivity contribution in [2.75, 3.05) is 13.3 Å². The molecule has 2 aromatic carbocycles. The molecule has 0 saturated carbocycles. The van der Waals surface area contributed by atoms with Crippen molar-refractivity contribution in [1.82, 2.24) is 9.88 Å². The lowest BCUT2D eigenvalue weighted by Crippen LogP contribution is -2.36.